The zero-order chi connectivity index (χ0) is 13.9. The van der Waals surface area contributed by atoms with Crippen molar-refractivity contribution in [3.05, 3.63) is 40.3 Å². The van der Waals surface area contributed by atoms with Crippen molar-refractivity contribution in [3.63, 3.8) is 0 Å². The molecule has 0 saturated carbocycles. The second kappa shape index (κ2) is 5.79. The number of nitrogens with zero attached hydrogens (tertiary/aromatic N) is 2. The predicted octanol–water partition coefficient (Wildman–Crippen LogP) is 2.98. The number of amides is 1. The van der Waals surface area contributed by atoms with E-state index in [9.17, 15) is 4.79 Å². The summed E-state index contributed by atoms with van der Waals surface area (Å²) in [6.07, 6.45) is 3.97. The third kappa shape index (κ3) is 2.63. The fourth-order valence-electron chi connectivity index (χ4n) is 2.86. The Morgan fingerprint density at radius 3 is 3.15 bits per heavy atom. The fourth-order valence-corrected chi connectivity index (χ4v) is 3.63. The number of aromatic nitrogens is 2. The molecule has 1 N–H and O–H groups in total. The number of hydrogen-bond acceptors (Lipinski definition) is 3. The number of likely N-dealkylation sites (tertiary alicyclic amines) is 1. The topological polar surface area (TPSA) is 49.0 Å². The van der Waals surface area contributed by atoms with Crippen LogP contribution in [0.5, 0.6) is 0 Å². The summed E-state index contributed by atoms with van der Waals surface area (Å²) in [6, 6.07) is 6.07. The lowest BCUT2D eigenvalue weighted by Gasteiger charge is -2.33. The van der Waals surface area contributed by atoms with E-state index >= 15 is 0 Å². The van der Waals surface area contributed by atoms with Crippen molar-refractivity contribution in [2.24, 2.45) is 0 Å². The summed E-state index contributed by atoms with van der Waals surface area (Å²) in [6.45, 7) is 3.68. The summed E-state index contributed by atoms with van der Waals surface area (Å²) in [5.74, 6) is 0.609. The van der Waals surface area contributed by atoms with E-state index in [-0.39, 0.29) is 11.8 Å². The summed E-state index contributed by atoms with van der Waals surface area (Å²) < 4.78 is 0. The normalized spacial score (nSPS) is 20.9. The molecule has 0 radical (unpaired) electrons. The van der Waals surface area contributed by atoms with Crippen molar-refractivity contribution in [3.8, 4) is 0 Å². The van der Waals surface area contributed by atoms with Gasteiger partial charge in [0.2, 0.25) is 5.91 Å². The number of nitrogens with one attached hydrogen (secondary N) is 1. The Balaban J connectivity index is 1.69. The molecule has 3 rings (SSSR count). The van der Waals surface area contributed by atoms with Gasteiger partial charge in [-0.05, 0) is 37.3 Å². The molecular formula is C15H19N3OS. The van der Waals surface area contributed by atoms with Crippen molar-refractivity contribution < 1.29 is 4.79 Å². The highest BCUT2D eigenvalue weighted by Crippen LogP contribution is 2.29. The van der Waals surface area contributed by atoms with Gasteiger partial charge in [0.25, 0.3) is 0 Å². The first-order valence-corrected chi connectivity index (χ1v) is 7.95. The first-order valence-electron chi connectivity index (χ1n) is 7.07. The van der Waals surface area contributed by atoms with E-state index in [0.29, 0.717) is 5.92 Å². The minimum absolute atomic E-state index is 0.0319. The lowest BCUT2D eigenvalue weighted by Crippen LogP contribution is -2.41. The van der Waals surface area contributed by atoms with Gasteiger partial charge in [-0.2, -0.15) is 5.10 Å². The van der Waals surface area contributed by atoms with Crippen LogP contribution in [0, 0.1) is 0 Å². The van der Waals surface area contributed by atoms with Gasteiger partial charge in [-0.15, -0.1) is 11.3 Å². The van der Waals surface area contributed by atoms with Crippen LogP contribution in [0.1, 0.15) is 42.2 Å². The van der Waals surface area contributed by atoms with Crippen LogP contribution in [-0.2, 0) is 4.79 Å². The minimum Gasteiger partial charge on any atom is -0.341 e. The zero-order valence-electron chi connectivity index (χ0n) is 11.6. The maximum atomic E-state index is 12.6. The number of carbonyl (C=O) groups excluding carboxylic acids is 1. The van der Waals surface area contributed by atoms with Gasteiger partial charge in [0.1, 0.15) is 0 Å². The Morgan fingerprint density at radius 2 is 2.45 bits per heavy atom. The van der Waals surface area contributed by atoms with Crippen molar-refractivity contribution in [1.82, 2.24) is 15.1 Å². The van der Waals surface area contributed by atoms with E-state index in [1.807, 2.05) is 35.4 Å². The smallest absolute Gasteiger partial charge is 0.230 e. The van der Waals surface area contributed by atoms with Gasteiger partial charge < -0.3 is 4.90 Å². The standard InChI is InChI=1S/C15H19N3OS/c1-11(14-5-3-9-20-14)15(19)18-8-2-4-12(10-18)13-6-7-16-17-13/h3,5-7,9,11-12H,2,4,8,10H2,1H3,(H,16,17). The molecule has 4 nitrogen and oxygen atoms in total. The van der Waals surface area contributed by atoms with Gasteiger partial charge in [0.05, 0.1) is 5.92 Å². The van der Waals surface area contributed by atoms with Crippen LogP contribution in [0.25, 0.3) is 0 Å². The molecule has 1 aliphatic rings. The van der Waals surface area contributed by atoms with Crippen molar-refractivity contribution in [2.45, 2.75) is 31.6 Å². The van der Waals surface area contributed by atoms with E-state index in [1.165, 1.54) is 0 Å². The molecule has 20 heavy (non-hydrogen) atoms. The molecule has 0 aliphatic carbocycles. The molecule has 2 aromatic heterocycles. The molecule has 106 valence electrons. The van der Waals surface area contributed by atoms with Crippen LogP contribution in [-0.4, -0.2) is 34.1 Å². The van der Waals surface area contributed by atoms with E-state index in [1.54, 1.807) is 17.5 Å². The fraction of sp³-hybridized carbons (Fsp3) is 0.467. The van der Waals surface area contributed by atoms with Crippen LogP contribution < -0.4 is 0 Å². The Hall–Kier alpha value is -1.62. The number of aromatic amines is 1. The number of thiophene rings is 1. The molecule has 1 saturated heterocycles. The second-order valence-corrected chi connectivity index (χ2v) is 6.35. The van der Waals surface area contributed by atoms with Crippen LogP contribution >= 0.6 is 11.3 Å². The van der Waals surface area contributed by atoms with Gasteiger partial charge in [0, 0.05) is 35.8 Å². The van der Waals surface area contributed by atoms with Crippen LogP contribution in [0.3, 0.4) is 0 Å². The average molecular weight is 289 g/mol. The Morgan fingerprint density at radius 1 is 1.55 bits per heavy atom. The molecule has 1 fully saturated rings. The molecular weight excluding hydrogens is 270 g/mol. The average Bonchev–Trinajstić information content (AvgIpc) is 3.18. The third-order valence-electron chi connectivity index (χ3n) is 4.04. The first-order chi connectivity index (χ1) is 9.75. The number of rotatable bonds is 3. The molecule has 2 aromatic rings. The molecule has 3 heterocycles. The monoisotopic (exact) mass is 289 g/mol. The maximum absolute atomic E-state index is 12.6. The second-order valence-electron chi connectivity index (χ2n) is 5.37. The number of H-pyrrole nitrogens is 1. The lowest BCUT2D eigenvalue weighted by molar-refractivity contribution is -0.133. The van der Waals surface area contributed by atoms with Gasteiger partial charge in [-0.25, -0.2) is 0 Å². The van der Waals surface area contributed by atoms with Gasteiger partial charge in [-0.1, -0.05) is 6.07 Å². The molecule has 2 atom stereocenters. The SMILES string of the molecule is CC(C(=O)N1CCCC(c2ccn[nH]2)C1)c1cccs1. The van der Waals surface area contributed by atoms with E-state index in [4.69, 9.17) is 0 Å². The quantitative estimate of drug-likeness (QED) is 0.944. The Labute approximate surface area is 122 Å². The van der Waals surface area contributed by atoms with Crippen molar-refractivity contribution in [2.75, 3.05) is 13.1 Å². The lowest BCUT2D eigenvalue weighted by atomic mass is 9.94. The summed E-state index contributed by atoms with van der Waals surface area (Å²) in [5, 5.41) is 9.08. The Bertz CT molecular complexity index is 550. The van der Waals surface area contributed by atoms with Crippen LogP contribution in [0.2, 0.25) is 0 Å². The highest BCUT2D eigenvalue weighted by Gasteiger charge is 2.29. The molecule has 5 heteroatoms. The Kier molecular flexibility index (Phi) is 3.87. The summed E-state index contributed by atoms with van der Waals surface area (Å²) in [4.78, 5) is 15.8. The highest BCUT2D eigenvalue weighted by molar-refractivity contribution is 7.10. The molecule has 0 spiro atoms. The van der Waals surface area contributed by atoms with Crippen LogP contribution in [0.4, 0.5) is 0 Å². The molecule has 0 bridgehead atoms. The third-order valence-corrected chi connectivity index (χ3v) is 5.09. The first kappa shape index (κ1) is 13.4. The summed E-state index contributed by atoms with van der Waals surface area (Å²) in [5.41, 5.74) is 1.14. The van der Waals surface area contributed by atoms with Crippen molar-refractivity contribution >= 4 is 17.2 Å². The predicted molar refractivity (Wildman–Crippen MR) is 79.9 cm³/mol. The van der Waals surface area contributed by atoms with Crippen LogP contribution in [0.15, 0.2) is 29.8 Å². The van der Waals surface area contributed by atoms with E-state index < -0.39 is 0 Å². The molecule has 0 aromatic carbocycles. The largest absolute Gasteiger partial charge is 0.341 e. The highest BCUT2D eigenvalue weighted by atomic mass is 32.1. The summed E-state index contributed by atoms with van der Waals surface area (Å²) in [7, 11) is 0. The van der Waals surface area contributed by atoms with Gasteiger partial charge in [-0.3, -0.25) is 9.89 Å². The maximum Gasteiger partial charge on any atom is 0.230 e. The van der Waals surface area contributed by atoms with Gasteiger partial charge >= 0.3 is 0 Å². The van der Waals surface area contributed by atoms with E-state index in [0.717, 1.165) is 36.5 Å². The number of hydrogen-bond donors (Lipinski definition) is 1. The minimum atomic E-state index is -0.0319. The van der Waals surface area contributed by atoms with E-state index in [2.05, 4.69) is 10.2 Å². The number of carbonyl (C=O) groups is 1. The summed E-state index contributed by atoms with van der Waals surface area (Å²) >= 11 is 1.66. The molecule has 2 unspecified atom stereocenters. The zero-order valence-corrected chi connectivity index (χ0v) is 12.4. The molecule has 1 amide bonds. The van der Waals surface area contributed by atoms with Gasteiger partial charge in [0.15, 0.2) is 0 Å². The molecule has 1 aliphatic heterocycles. The number of piperidine rings is 1. The van der Waals surface area contributed by atoms with Crippen molar-refractivity contribution in [1.29, 1.82) is 0 Å².